The fourth-order valence-electron chi connectivity index (χ4n) is 2.89. The zero-order valence-corrected chi connectivity index (χ0v) is 18.1. The molecule has 0 aliphatic carbocycles. The predicted octanol–water partition coefficient (Wildman–Crippen LogP) is 5.35. The van der Waals surface area contributed by atoms with Gasteiger partial charge >= 0.3 is 0 Å². The number of aromatic nitrogens is 2. The molecule has 4 rings (SSSR count). The first kappa shape index (κ1) is 20.3. The average Bonchev–Trinajstić information content (AvgIpc) is 3.14. The minimum absolute atomic E-state index is 0.00561. The van der Waals surface area contributed by atoms with Gasteiger partial charge in [0.15, 0.2) is 5.52 Å². The summed E-state index contributed by atoms with van der Waals surface area (Å²) in [5.74, 6) is 0.318. The Labute approximate surface area is 184 Å². The van der Waals surface area contributed by atoms with Crippen molar-refractivity contribution in [1.82, 2.24) is 9.97 Å². The highest BCUT2D eigenvalue weighted by Gasteiger charge is 2.19. The van der Waals surface area contributed by atoms with Crippen molar-refractivity contribution in [3.8, 4) is 11.4 Å². The average molecular weight is 508 g/mol. The maximum absolute atomic E-state index is 12.8. The molecule has 8 nitrogen and oxygen atoms in total. The van der Waals surface area contributed by atoms with Crippen molar-refractivity contribution >= 4 is 60.0 Å². The standard InChI is InChI=1S/C19H12BrClN4O4S/c20-12-7-8-15(14(21)10-12)24-30(28,29)13-4-1-3-11(9-13)19-22-16-5-2-6-17(25(26)27)18(16)23-19/h1-10,24H,(H,22,23). The lowest BCUT2D eigenvalue weighted by Crippen LogP contribution is -2.13. The number of aromatic amines is 1. The number of nitrogens with zero attached hydrogens (tertiary/aromatic N) is 2. The molecular formula is C19H12BrClN4O4S. The van der Waals surface area contributed by atoms with Crippen LogP contribution in [0.4, 0.5) is 11.4 Å². The highest BCUT2D eigenvalue weighted by molar-refractivity contribution is 9.10. The van der Waals surface area contributed by atoms with Crippen molar-refractivity contribution in [3.05, 3.63) is 80.3 Å². The van der Waals surface area contributed by atoms with Gasteiger partial charge in [-0.25, -0.2) is 13.4 Å². The molecule has 0 radical (unpaired) electrons. The molecule has 0 saturated carbocycles. The fraction of sp³-hybridized carbons (Fsp3) is 0. The summed E-state index contributed by atoms with van der Waals surface area (Å²) in [6.45, 7) is 0. The lowest BCUT2D eigenvalue weighted by Gasteiger charge is -2.10. The summed E-state index contributed by atoms with van der Waals surface area (Å²) in [6, 6.07) is 15.5. The van der Waals surface area contributed by atoms with Gasteiger partial charge in [0.1, 0.15) is 5.82 Å². The van der Waals surface area contributed by atoms with Crippen LogP contribution < -0.4 is 4.72 Å². The summed E-state index contributed by atoms with van der Waals surface area (Å²) in [4.78, 5) is 18.0. The summed E-state index contributed by atoms with van der Waals surface area (Å²) < 4.78 is 28.9. The van der Waals surface area contributed by atoms with E-state index in [1.165, 1.54) is 18.2 Å². The van der Waals surface area contributed by atoms with Crippen LogP contribution in [0.25, 0.3) is 22.4 Å². The number of halogens is 2. The number of imidazole rings is 1. The summed E-state index contributed by atoms with van der Waals surface area (Å²) in [5.41, 5.74) is 1.25. The number of H-pyrrole nitrogens is 1. The van der Waals surface area contributed by atoms with E-state index in [0.717, 1.165) is 4.47 Å². The van der Waals surface area contributed by atoms with Crippen molar-refractivity contribution < 1.29 is 13.3 Å². The first-order valence-corrected chi connectivity index (χ1v) is 11.1. The van der Waals surface area contributed by atoms with Gasteiger partial charge < -0.3 is 4.98 Å². The number of benzene rings is 3. The number of nitrogens with one attached hydrogen (secondary N) is 2. The number of nitro groups is 1. The van der Waals surface area contributed by atoms with Gasteiger partial charge in [0.25, 0.3) is 15.7 Å². The number of fused-ring (bicyclic) bond motifs is 1. The van der Waals surface area contributed by atoms with Crippen LogP contribution in [-0.2, 0) is 10.0 Å². The van der Waals surface area contributed by atoms with Crippen LogP contribution >= 0.6 is 27.5 Å². The molecule has 11 heteroatoms. The maximum atomic E-state index is 12.8. The van der Waals surface area contributed by atoms with Crippen LogP contribution in [0.1, 0.15) is 0 Å². The van der Waals surface area contributed by atoms with Crippen molar-refractivity contribution in [3.63, 3.8) is 0 Å². The van der Waals surface area contributed by atoms with Crippen molar-refractivity contribution in [2.24, 2.45) is 0 Å². The van der Waals surface area contributed by atoms with Gasteiger partial charge in [-0.1, -0.05) is 45.7 Å². The molecule has 30 heavy (non-hydrogen) atoms. The molecule has 3 aromatic carbocycles. The van der Waals surface area contributed by atoms with E-state index in [9.17, 15) is 18.5 Å². The Morgan fingerprint density at radius 3 is 2.60 bits per heavy atom. The van der Waals surface area contributed by atoms with Crippen LogP contribution in [0.3, 0.4) is 0 Å². The molecule has 0 atom stereocenters. The van der Waals surface area contributed by atoms with Crippen molar-refractivity contribution in [1.29, 1.82) is 0 Å². The van der Waals surface area contributed by atoms with Gasteiger partial charge in [-0.05, 0) is 36.4 Å². The lowest BCUT2D eigenvalue weighted by molar-refractivity contribution is -0.383. The Bertz CT molecular complexity index is 1400. The van der Waals surface area contributed by atoms with E-state index in [0.29, 0.717) is 16.9 Å². The van der Waals surface area contributed by atoms with Gasteiger partial charge in [0.05, 0.1) is 26.0 Å². The number of anilines is 1. The van der Waals surface area contributed by atoms with E-state index < -0.39 is 14.9 Å². The third-order valence-corrected chi connectivity index (χ3v) is 6.45. The fourth-order valence-corrected chi connectivity index (χ4v) is 4.79. The molecule has 0 aliphatic rings. The zero-order chi connectivity index (χ0) is 21.5. The molecule has 0 fully saturated rings. The minimum Gasteiger partial charge on any atom is -0.338 e. The van der Waals surface area contributed by atoms with Crippen LogP contribution in [0.15, 0.2) is 70.0 Å². The Balaban J connectivity index is 1.73. The SMILES string of the molecule is O=[N+]([O-])c1cccc2[nH]c(-c3cccc(S(=O)(=O)Nc4ccc(Br)cc4Cl)c3)nc12. The van der Waals surface area contributed by atoms with Gasteiger partial charge in [-0.15, -0.1) is 0 Å². The third kappa shape index (κ3) is 3.89. The molecule has 0 amide bonds. The molecule has 0 bridgehead atoms. The number of nitro benzene ring substituents is 1. The molecule has 1 aromatic heterocycles. The summed E-state index contributed by atoms with van der Waals surface area (Å²) in [6.07, 6.45) is 0. The van der Waals surface area contributed by atoms with E-state index in [4.69, 9.17) is 11.6 Å². The van der Waals surface area contributed by atoms with Crippen molar-refractivity contribution in [2.45, 2.75) is 4.90 Å². The van der Waals surface area contributed by atoms with E-state index in [-0.39, 0.29) is 26.8 Å². The predicted molar refractivity (Wildman–Crippen MR) is 118 cm³/mol. The molecular weight excluding hydrogens is 496 g/mol. The minimum atomic E-state index is -3.93. The van der Waals surface area contributed by atoms with E-state index in [2.05, 4.69) is 30.6 Å². The largest absolute Gasteiger partial charge is 0.338 e. The normalized spacial score (nSPS) is 11.5. The maximum Gasteiger partial charge on any atom is 0.297 e. The summed E-state index contributed by atoms with van der Waals surface area (Å²) >= 11 is 9.38. The molecule has 2 N–H and O–H groups in total. The molecule has 0 saturated heterocycles. The molecule has 0 spiro atoms. The second-order valence-corrected chi connectivity index (χ2v) is 9.28. The van der Waals surface area contributed by atoms with E-state index in [1.54, 1.807) is 42.5 Å². The van der Waals surface area contributed by atoms with Crippen molar-refractivity contribution in [2.75, 3.05) is 4.72 Å². The summed E-state index contributed by atoms with van der Waals surface area (Å²) in [7, 11) is -3.93. The second kappa shape index (κ2) is 7.71. The Kier molecular flexibility index (Phi) is 5.22. The molecule has 152 valence electrons. The highest BCUT2D eigenvalue weighted by atomic mass is 79.9. The number of hydrogen-bond acceptors (Lipinski definition) is 5. The van der Waals surface area contributed by atoms with Crippen LogP contribution in [-0.4, -0.2) is 23.3 Å². The summed E-state index contributed by atoms with van der Waals surface area (Å²) in [5, 5.41) is 11.5. The molecule has 0 aliphatic heterocycles. The lowest BCUT2D eigenvalue weighted by atomic mass is 10.2. The topological polar surface area (TPSA) is 118 Å². The Morgan fingerprint density at radius 2 is 1.87 bits per heavy atom. The van der Waals surface area contributed by atoms with E-state index >= 15 is 0 Å². The zero-order valence-electron chi connectivity index (χ0n) is 15.0. The Hall–Kier alpha value is -2.95. The monoisotopic (exact) mass is 506 g/mol. The Morgan fingerprint density at radius 1 is 1.10 bits per heavy atom. The van der Waals surface area contributed by atoms with Crippen LogP contribution in [0, 0.1) is 10.1 Å². The van der Waals surface area contributed by atoms with Crippen LogP contribution in [0.2, 0.25) is 5.02 Å². The highest BCUT2D eigenvalue weighted by Crippen LogP contribution is 2.30. The first-order chi connectivity index (χ1) is 14.2. The quantitative estimate of drug-likeness (QED) is 0.279. The smallest absolute Gasteiger partial charge is 0.297 e. The van der Waals surface area contributed by atoms with Gasteiger partial charge in [-0.3, -0.25) is 14.8 Å². The molecule has 0 unspecified atom stereocenters. The number of non-ortho nitro benzene ring substituents is 1. The van der Waals surface area contributed by atoms with E-state index in [1.807, 2.05) is 0 Å². The third-order valence-electron chi connectivity index (χ3n) is 4.28. The van der Waals surface area contributed by atoms with Gasteiger partial charge in [0, 0.05) is 16.1 Å². The number of sulfonamides is 1. The number of para-hydroxylation sites is 1. The van der Waals surface area contributed by atoms with Gasteiger partial charge in [-0.2, -0.15) is 0 Å². The molecule has 4 aromatic rings. The number of rotatable bonds is 5. The number of hydrogen-bond donors (Lipinski definition) is 2. The molecule has 1 heterocycles. The second-order valence-electron chi connectivity index (χ2n) is 6.27. The first-order valence-electron chi connectivity index (χ1n) is 8.46. The van der Waals surface area contributed by atoms with Gasteiger partial charge in [0.2, 0.25) is 0 Å². The van der Waals surface area contributed by atoms with Crippen LogP contribution in [0.5, 0.6) is 0 Å².